The van der Waals surface area contributed by atoms with Gasteiger partial charge >= 0.3 is 0 Å². The van der Waals surface area contributed by atoms with E-state index in [1.807, 2.05) is 0 Å². The molecule has 0 fully saturated rings. The third kappa shape index (κ3) is 3.94. The van der Waals surface area contributed by atoms with Crippen molar-refractivity contribution in [2.75, 3.05) is 5.75 Å². The largest absolute Gasteiger partial charge is 0.299 e. The lowest BCUT2D eigenvalue weighted by molar-refractivity contribution is -0.114. The van der Waals surface area contributed by atoms with Crippen molar-refractivity contribution in [1.82, 2.24) is 0 Å². The minimum atomic E-state index is 0.242. The second kappa shape index (κ2) is 5.43. The maximum Gasteiger partial charge on any atom is 0.140 e. The molecule has 0 aliphatic carbocycles. The molecule has 0 aromatic heterocycles. The van der Waals surface area contributed by atoms with Crippen LogP contribution in [0.25, 0.3) is 0 Å². The van der Waals surface area contributed by atoms with Gasteiger partial charge in [0, 0.05) is 0 Å². The molecule has 0 saturated heterocycles. The van der Waals surface area contributed by atoms with Crippen LogP contribution < -0.4 is 0 Å². The third-order valence-electron chi connectivity index (χ3n) is 2.08. The third-order valence-corrected chi connectivity index (χ3v) is 3.28. The van der Waals surface area contributed by atoms with Crippen LogP contribution in [0.4, 0.5) is 0 Å². The van der Waals surface area contributed by atoms with E-state index in [4.69, 9.17) is 0 Å². The van der Waals surface area contributed by atoms with E-state index in [0.717, 1.165) is 6.42 Å². The topological polar surface area (TPSA) is 29.4 Å². The molecule has 0 radical (unpaired) electrons. The fourth-order valence-electron chi connectivity index (χ4n) is 1.46. The highest BCUT2D eigenvalue weighted by Gasteiger charge is 2.16. The molecular weight excluding hydrogens is 182 g/mol. The average Bonchev–Trinajstić information content (AvgIpc) is 2.50. The molecular formula is C10H17NOS. The van der Waals surface area contributed by atoms with E-state index in [9.17, 15) is 4.79 Å². The molecule has 1 aliphatic heterocycles. The Kier molecular flexibility index (Phi) is 4.50. The molecule has 1 atom stereocenters. The average molecular weight is 199 g/mol. The second-order valence-corrected chi connectivity index (χ2v) is 4.54. The summed E-state index contributed by atoms with van der Waals surface area (Å²) < 4.78 is 0. The van der Waals surface area contributed by atoms with Gasteiger partial charge in [-0.05, 0) is 26.2 Å². The molecule has 1 rings (SSSR count). The number of carbonyl (C=O) groups is 1. The molecule has 0 spiro atoms. The Bertz CT molecular complexity index is 213. The Morgan fingerprint density at radius 2 is 2.46 bits per heavy atom. The van der Waals surface area contributed by atoms with Gasteiger partial charge in [0.2, 0.25) is 0 Å². The van der Waals surface area contributed by atoms with Gasteiger partial charge in [0.15, 0.2) is 0 Å². The zero-order valence-corrected chi connectivity index (χ0v) is 9.19. The monoisotopic (exact) mass is 199 g/mol. The maximum atomic E-state index is 10.7. The summed E-state index contributed by atoms with van der Waals surface area (Å²) in [5.41, 5.74) is 0. The molecule has 1 unspecified atom stereocenters. The number of thioether (sulfide) groups is 1. The van der Waals surface area contributed by atoms with E-state index < -0.39 is 0 Å². The summed E-state index contributed by atoms with van der Waals surface area (Å²) in [6, 6.07) is 0.541. The summed E-state index contributed by atoms with van der Waals surface area (Å²) in [4.78, 5) is 15.3. The van der Waals surface area contributed by atoms with Crippen LogP contribution in [0.15, 0.2) is 4.99 Å². The highest BCUT2D eigenvalue weighted by atomic mass is 32.2. The SMILES string of the molecule is CCCC1CCC(SCC(C)=O)=N1. The molecule has 0 bridgehead atoms. The van der Waals surface area contributed by atoms with Crippen molar-refractivity contribution in [2.45, 2.75) is 45.6 Å². The first kappa shape index (κ1) is 10.8. The van der Waals surface area contributed by atoms with Gasteiger partial charge in [-0.25, -0.2) is 0 Å². The molecule has 3 heteroatoms. The number of carbonyl (C=O) groups excluding carboxylic acids is 1. The first-order valence-electron chi connectivity index (χ1n) is 4.91. The Hall–Kier alpha value is -0.310. The predicted octanol–water partition coefficient (Wildman–Crippen LogP) is 2.67. The molecule has 0 aromatic carbocycles. The fourth-order valence-corrected chi connectivity index (χ4v) is 2.31. The quantitative estimate of drug-likeness (QED) is 0.696. The van der Waals surface area contributed by atoms with E-state index in [1.165, 1.54) is 24.3 Å². The molecule has 0 aromatic rings. The van der Waals surface area contributed by atoms with Crippen LogP contribution in [0, 0.1) is 0 Å². The van der Waals surface area contributed by atoms with Crippen LogP contribution in [-0.4, -0.2) is 22.6 Å². The summed E-state index contributed by atoms with van der Waals surface area (Å²) >= 11 is 1.62. The molecule has 0 saturated carbocycles. The van der Waals surface area contributed by atoms with Crippen molar-refractivity contribution in [3.8, 4) is 0 Å². The van der Waals surface area contributed by atoms with Gasteiger partial charge in [0.1, 0.15) is 5.78 Å². The highest BCUT2D eigenvalue weighted by molar-refractivity contribution is 8.14. The van der Waals surface area contributed by atoms with Gasteiger partial charge in [-0.3, -0.25) is 9.79 Å². The molecule has 0 N–H and O–H groups in total. The fraction of sp³-hybridized carbons (Fsp3) is 0.800. The number of nitrogens with zero attached hydrogens (tertiary/aromatic N) is 1. The Morgan fingerprint density at radius 1 is 1.69 bits per heavy atom. The van der Waals surface area contributed by atoms with Gasteiger partial charge in [0.05, 0.1) is 16.8 Å². The zero-order valence-electron chi connectivity index (χ0n) is 8.38. The minimum Gasteiger partial charge on any atom is -0.299 e. The van der Waals surface area contributed by atoms with E-state index in [-0.39, 0.29) is 5.78 Å². The number of rotatable bonds is 4. The smallest absolute Gasteiger partial charge is 0.140 e. The predicted molar refractivity (Wildman–Crippen MR) is 58.5 cm³/mol. The number of hydrogen-bond donors (Lipinski definition) is 0. The summed E-state index contributed by atoms with van der Waals surface area (Å²) in [6.07, 6.45) is 4.68. The lowest BCUT2D eigenvalue weighted by Gasteiger charge is -2.00. The van der Waals surface area contributed by atoms with E-state index >= 15 is 0 Å². The van der Waals surface area contributed by atoms with E-state index in [0.29, 0.717) is 11.8 Å². The Balaban J connectivity index is 2.27. The van der Waals surface area contributed by atoms with Gasteiger partial charge in [0.25, 0.3) is 0 Å². The molecule has 1 aliphatic rings. The normalized spacial score (nSPS) is 21.7. The number of ketones is 1. The van der Waals surface area contributed by atoms with E-state index in [2.05, 4.69) is 11.9 Å². The van der Waals surface area contributed by atoms with Crippen LogP contribution >= 0.6 is 11.8 Å². The van der Waals surface area contributed by atoms with Crippen molar-refractivity contribution >= 4 is 22.6 Å². The van der Waals surface area contributed by atoms with Crippen LogP contribution in [0.3, 0.4) is 0 Å². The van der Waals surface area contributed by atoms with Crippen molar-refractivity contribution in [1.29, 1.82) is 0 Å². The molecule has 74 valence electrons. The van der Waals surface area contributed by atoms with Crippen molar-refractivity contribution in [2.24, 2.45) is 4.99 Å². The molecule has 13 heavy (non-hydrogen) atoms. The highest BCUT2D eigenvalue weighted by Crippen LogP contribution is 2.23. The van der Waals surface area contributed by atoms with Gasteiger partial charge in [-0.2, -0.15) is 0 Å². The standard InChI is InChI=1S/C10H17NOS/c1-3-4-9-5-6-10(11-9)13-7-8(2)12/h9H,3-7H2,1-2H3. The number of Topliss-reactive ketones (excluding diaryl/α,β-unsaturated/α-hetero) is 1. The van der Waals surface area contributed by atoms with Crippen molar-refractivity contribution in [3.05, 3.63) is 0 Å². The summed E-state index contributed by atoms with van der Waals surface area (Å²) in [5.74, 6) is 0.837. The second-order valence-electron chi connectivity index (χ2n) is 3.49. The molecule has 2 nitrogen and oxygen atoms in total. The first-order chi connectivity index (χ1) is 6.22. The number of hydrogen-bond acceptors (Lipinski definition) is 3. The van der Waals surface area contributed by atoms with Crippen LogP contribution in [-0.2, 0) is 4.79 Å². The summed E-state index contributed by atoms with van der Waals surface area (Å²) in [7, 11) is 0. The maximum absolute atomic E-state index is 10.7. The van der Waals surface area contributed by atoms with Crippen LogP contribution in [0.1, 0.15) is 39.5 Å². The number of aliphatic imine (C=N–C) groups is 1. The zero-order chi connectivity index (χ0) is 9.68. The first-order valence-corrected chi connectivity index (χ1v) is 5.90. The van der Waals surface area contributed by atoms with Gasteiger partial charge in [-0.15, -0.1) is 11.8 Å². The van der Waals surface area contributed by atoms with Crippen molar-refractivity contribution < 1.29 is 4.79 Å². The van der Waals surface area contributed by atoms with Crippen LogP contribution in [0.2, 0.25) is 0 Å². The summed E-state index contributed by atoms with van der Waals surface area (Å²) in [5, 5.41) is 1.19. The molecule has 0 amide bonds. The van der Waals surface area contributed by atoms with Gasteiger partial charge < -0.3 is 0 Å². The molecule has 1 heterocycles. The van der Waals surface area contributed by atoms with Gasteiger partial charge in [-0.1, -0.05) is 13.3 Å². The Labute approximate surface area is 84.2 Å². The van der Waals surface area contributed by atoms with Crippen molar-refractivity contribution in [3.63, 3.8) is 0 Å². The Morgan fingerprint density at radius 3 is 3.08 bits per heavy atom. The van der Waals surface area contributed by atoms with Crippen LogP contribution in [0.5, 0.6) is 0 Å². The minimum absolute atomic E-state index is 0.242. The van der Waals surface area contributed by atoms with E-state index in [1.54, 1.807) is 18.7 Å². The lowest BCUT2D eigenvalue weighted by atomic mass is 10.1. The lowest BCUT2D eigenvalue weighted by Crippen LogP contribution is -1.97. The summed E-state index contributed by atoms with van der Waals surface area (Å²) in [6.45, 7) is 3.82.